The van der Waals surface area contributed by atoms with Gasteiger partial charge in [0.15, 0.2) is 11.0 Å². The molecule has 0 saturated carbocycles. The predicted molar refractivity (Wildman–Crippen MR) is 123 cm³/mol. The molecule has 33 heavy (non-hydrogen) atoms. The third kappa shape index (κ3) is 4.98. The first-order valence-corrected chi connectivity index (χ1v) is 12.7. The largest absolute Gasteiger partial charge is 0.469 e. The first-order chi connectivity index (χ1) is 15.8. The summed E-state index contributed by atoms with van der Waals surface area (Å²) in [6, 6.07) is 8.00. The highest BCUT2D eigenvalue weighted by Crippen LogP contribution is 2.28. The lowest BCUT2D eigenvalue weighted by molar-refractivity contribution is -0.115. The summed E-state index contributed by atoms with van der Waals surface area (Å²) in [5.41, 5.74) is 1.36. The van der Waals surface area contributed by atoms with Gasteiger partial charge in [-0.1, -0.05) is 11.8 Å². The second-order valence-electron chi connectivity index (χ2n) is 7.55. The van der Waals surface area contributed by atoms with E-state index < -0.39 is 15.3 Å². The van der Waals surface area contributed by atoms with Crippen molar-refractivity contribution in [3.05, 3.63) is 42.4 Å². The SMILES string of the molecule is Cc1occc1-c1nnc(SC(C)C(=O)Nc2ccc(S(=O)(=O)N3CCOCC3)cc2)n1C. The summed E-state index contributed by atoms with van der Waals surface area (Å²) in [5.74, 6) is 1.17. The van der Waals surface area contributed by atoms with Crippen LogP contribution in [0.15, 0.2) is 51.1 Å². The lowest BCUT2D eigenvalue weighted by atomic mass is 10.2. The second-order valence-corrected chi connectivity index (χ2v) is 10.8. The van der Waals surface area contributed by atoms with Gasteiger partial charge in [-0.3, -0.25) is 4.79 Å². The number of aromatic nitrogens is 3. The Labute approximate surface area is 196 Å². The number of aryl methyl sites for hydroxylation is 1. The summed E-state index contributed by atoms with van der Waals surface area (Å²) in [4.78, 5) is 12.9. The molecule has 2 aromatic heterocycles. The number of carbonyl (C=O) groups is 1. The number of furan rings is 1. The van der Waals surface area contributed by atoms with Crippen molar-refractivity contribution in [1.82, 2.24) is 19.1 Å². The van der Waals surface area contributed by atoms with E-state index in [4.69, 9.17) is 9.15 Å². The van der Waals surface area contributed by atoms with Crippen LogP contribution in [0.25, 0.3) is 11.4 Å². The van der Waals surface area contributed by atoms with Gasteiger partial charge < -0.3 is 19.0 Å². The highest BCUT2D eigenvalue weighted by atomic mass is 32.2. The fourth-order valence-electron chi connectivity index (χ4n) is 3.37. The number of hydrogen-bond donors (Lipinski definition) is 1. The third-order valence-corrected chi connectivity index (χ3v) is 8.36. The van der Waals surface area contributed by atoms with Gasteiger partial charge in [-0.05, 0) is 44.2 Å². The van der Waals surface area contributed by atoms with Crippen LogP contribution in [-0.2, 0) is 26.6 Å². The van der Waals surface area contributed by atoms with E-state index in [-0.39, 0.29) is 10.8 Å². The lowest BCUT2D eigenvalue weighted by Crippen LogP contribution is -2.40. The Hall–Kier alpha value is -2.67. The van der Waals surface area contributed by atoms with Crippen LogP contribution in [0.3, 0.4) is 0 Å². The van der Waals surface area contributed by atoms with Crippen LogP contribution in [0.5, 0.6) is 0 Å². The molecule has 0 aliphatic carbocycles. The quantitative estimate of drug-likeness (QED) is 0.501. The maximum absolute atomic E-state index is 12.7. The monoisotopic (exact) mass is 491 g/mol. The standard InChI is InChI=1S/C21H25N5O5S2/c1-14-18(8-11-31-14)19-23-24-21(25(19)3)32-15(2)20(27)22-16-4-6-17(7-5-16)33(28,29)26-9-12-30-13-10-26/h4-8,11,15H,9-10,12-13H2,1-3H3,(H,22,27). The van der Waals surface area contributed by atoms with Crippen molar-refractivity contribution >= 4 is 33.4 Å². The summed E-state index contributed by atoms with van der Waals surface area (Å²) < 4.78 is 39.2. The van der Waals surface area contributed by atoms with Crippen LogP contribution < -0.4 is 5.32 Å². The number of carbonyl (C=O) groups excluding carboxylic acids is 1. The van der Waals surface area contributed by atoms with E-state index in [1.54, 1.807) is 25.3 Å². The van der Waals surface area contributed by atoms with Crippen LogP contribution in [-0.4, -0.2) is 64.9 Å². The Morgan fingerprint density at radius 1 is 1.15 bits per heavy atom. The molecule has 3 aromatic rings. The lowest BCUT2D eigenvalue weighted by Gasteiger charge is -2.26. The molecule has 1 aromatic carbocycles. The molecule has 1 atom stereocenters. The van der Waals surface area contributed by atoms with Crippen molar-refractivity contribution in [3.8, 4) is 11.4 Å². The predicted octanol–water partition coefficient (Wildman–Crippen LogP) is 2.52. The molecule has 0 spiro atoms. The van der Waals surface area contributed by atoms with Gasteiger partial charge in [-0.25, -0.2) is 8.42 Å². The van der Waals surface area contributed by atoms with Crippen molar-refractivity contribution in [2.45, 2.75) is 29.1 Å². The number of nitrogens with one attached hydrogen (secondary N) is 1. The van der Waals surface area contributed by atoms with Crippen LogP contribution in [0.2, 0.25) is 0 Å². The molecule has 176 valence electrons. The molecule has 10 nitrogen and oxygen atoms in total. The van der Waals surface area contributed by atoms with Crippen molar-refractivity contribution in [1.29, 1.82) is 0 Å². The summed E-state index contributed by atoms with van der Waals surface area (Å²) in [7, 11) is -1.74. The Morgan fingerprint density at radius 3 is 2.48 bits per heavy atom. The number of benzene rings is 1. The van der Waals surface area contributed by atoms with Crippen molar-refractivity contribution in [2.24, 2.45) is 7.05 Å². The van der Waals surface area contributed by atoms with Crippen LogP contribution in [0.1, 0.15) is 12.7 Å². The summed E-state index contributed by atoms with van der Waals surface area (Å²) in [6.45, 7) is 5.06. The number of rotatable bonds is 7. The smallest absolute Gasteiger partial charge is 0.243 e. The Balaban J connectivity index is 1.39. The summed E-state index contributed by atoms with van der Waals surface area (Å²) in [6.07, 6.45) is 1.60. The molecular weight excluding hydrogens is 466 g/mol. The number of anilines is 1. The molecule has 1 unspecified atom stereocenters. The van der Waals surface area contributed by atoms with Crippen LogP contribution in [0.4, 0.5) is 5.69 Å². The normalized spacial score (nSPS) is 16.0. The van der Waals surface area contributed by atoms with E-state index in [9.17, 15) is 13.2 Å². The molecule has 1 amide bonds. The number of amides is 1. The minimum atomic E-state index is -3.58. The first-order valence-electron chi connectivity index (χ1n) is 10.4. The van der Waals surface area contributed by atoms with Crippen molar-refractivity contribution in [3.63, 3.8) is 0 Å². The van der Waals surface area contributed by atoms with Gasteiger partial charge in [0.2, 0.25) is 15.9 Å². The minimum Gasteiger partial charge on any atom is -0.469 e. The van der Waals surface area contributed by atoms with E-state index >= 15 is 0 Å². The number of thioether (sulfide) groups is 1. The van der Waals surface area contributed by atoms with Gasteiger partial charge in [-0.15, -0.1) is 10.2 Å². The fourth-order valence-corrected chi connectivity index (χ4v) is 5.59. The van der Waals surface area contributed by atoms with E-state index in [1.807, 2.05) is 24.6 Å². The second kappa shape index (κ2) is 9.67. The van der Waals surface area contributed by atoms with Gasteiger partial charge in [0.05, 0.1) is 35.2 Å². The summed E-state index contributed by atoms with van der Waals surface area (Å²) in [5, 5.41) is 11.4. The van der Waals surface area contributed by atoms with Crippen molar-refractivity contribution < 1.29 is 22.4 Å². The molecule has 12 heteroatoms. The van der Waals surface area contributed by atoms with Gasteiger partial charge in [-0.2, -0.15) is 4.31 Å². The molecule has 1 saturated heterocycles. The van der Waals surface area contributed by atoms with Gasteiger partial charge >= 0.3 is 0 Å². The zero-order valence-electron chi connectivity index (χ0n) is 18.5. The van der Waals surface area contributed by atoms with E-state index in [0.29, 0.717) is 43.0 Å². The third-order valence-electron chi connectivity index (χ3n) is 5.32. The zero-order valence-corrected chi connectivity index (χ0v) is 20.1. The molecule has 1 N–H and O–H groups in total. The maximum Gasteiger partial charge on any atom is 0.243 e. The van der Waals surface area contributed by atoms with E-state index in [2.05, 4.69) is 15.5 Å². The zero-order chi connectivity index (χ0) is 23.6. The highest BCUT2D eigenvalue weighted by Gasteiger charge is 2.26. The minimum absolute atomic E-state index is 0.186. The van der Waals surface area contributed by atoms with Gasteiger partial charge in [0.25, 0.3) is 0 Å². The number of nitrogens with zero attached hydrogens (tertiary/aromatic N) is 4. The van der Waals surface area contributed by atoms with Crippen molar-refractivity contribution in [2.75, 3.05) is 31.6 Å². The Morgan fingerprint density at radius 2 is 1.85 bits per heavy atom. The van der Waals surface area contributed by atoms with E-state index in [1.165, 1.54) is 28.2 Å². The number of hydrogen-bond acceptors (Lipinski definition) is 8. The van der Waals surface area contributed by atoms with Gasteiger partial charge in [0, 0.05) is 25.8 Å². The topological polar surface area (TPSA) is 120 Å². The van der Waals surface area contributed by atoms with Crippen LogP contribution in [0, 0.1) is 6.92 Å². The molecule has 0 radical (unpaired) electrons. The molecular formula is C21H25N5O5S2. The molecule has 1 aliphatic heterocycles. The molecule has 1 fully saturated rings. The Bertz CT molecular complexity index is 1230. The Kier molecular flexibility index (Phi) is 6.88. The average Bonchev–Trinajstić information content (AvgIpc) is 3.39. The van der Waals surface area contributed by atoms with Gasteiger partial charge in [0.1, 0.15) is 5.76 Å². The molecule has 0 bridgehead atoms. The molecule has 4 rings (SSSR count). The highest BCUT2D eigenvalue weighted by molar-refractivity contribution is 8.00. The molecule has 1 aliphatic rings. The first kappa shape index (κ1) is 23.5. The molecule has 3 heterocycles. The summed E-state index contributed by atoms with van der Waals surface area (Å²) >= 11 is 1.28. The number of ether oxygens (including phenoxy) is 1. The number of sulfonamides is 1. The fraction of sp³-hybridized carbons (Fsp3) is 0.381. The van der Waals surface area contributed by atoms with Crippen LogP contribution >= 0.6 is 11.8 Å². The average molecular weight is 492 g/mol. The van der Waals surface area contributed by atoms with E-state index in [0.717, 1.165) is 11.3 Å². The number of morpholine rings is 1. The maximum atomic E-state index is 12.7.